The molecule has 7 nitrogen and oxygen atoms in total. The highest BCUT2D eigenvalue weighted by Gasteiger charge is 2.24. The highest BCUT2D eigenvalue weighted by Crippen LogP contribution is 2.31. The number of H-pyrrole nitrogens is 1. The van der Waals surface area contributed by atoms with E-state index in [1.54, 1.807) is 6.20 Å². The molecule has 7 heteroatoms. The summed E-state index contributed by atoms with van der Waals surface area (Å²) in [5, 5.41) is 6.89. The molecule has 3 aromatic rings. The van der Waals surface area contributed by atoms with Gasteiger partial charge >= 0.3 is 0 Å². The number of piperidine rings is 1. The van der Waals surface area contributed by atoms with E-state index in [2.05, 4.69) is 38.6 Å². The molecule has 2 aliphatic rings. The predicted octanol–water partition coefficient (Wildman–Crippen LogP) is 2.80. The number of carbonyl (C=O) groups is 2. The van der Waals surface area contributed by atoms with Gasteiger partial charge in [0.25, 0.3) is 5.91 Å². The smallest absolute Gasteiger partial charge is 0.251 e. The van der Waals surface area contributed by atoms with Crippen LogP contribution < -0.4 is 10.6 Å². The molecule has 1 aromatic carbocycles. The molecule has 30 heavy (non-hydrogen) atoms. The fraction of sp³-hybridized carbons (Fsp3) is 0.348. The molecule has 1 fully saturated rings. The summed E-state index contributed by atoms with van der Waals surface area (Å²) in [6.45, 7) is 2.57. The Labute approximate surface area is 174 Å². The second kappa shape index (κ2) is 7.57. The van der Waals surface area contributed by atoms with E-state index in [0.717, 1.165) is 65.6 Å². The Bertz CT molecular complexity index is 1130. The van der Waals surface area contributed by atoms with Gasteiger partial charge in [0.2, 0.25) is 5.91 Å². The predicted molar refractivity (Wildman–Crippen MR) is 116 cm³/mol. The molecule has 0 saturated carbocycles. The molecule has 0 atom stereocenters. The van der Waals surface area contributed by atoms with Crippen LogP contribution in [0.25, 0.3) is 22.2 Å². The van der Waals surface area contributed by atoms with Crippen molar-refractivity contribution in [3.63, 3.8) is 0 Å². The van der Waals surface area contributed by atoms with Gasteiger partial charge in [-0.25, -0.2) is 4.98 Å². The highest BCUT2D eigenvalue weighted by atomic mass is 16.2. The van der Waals surface area contributed by atoms with Gasteiger partial charge in [-0.2, -0.15) is 0 Å². The van der Waals surface area contributed by atoms with Gasteiger partial charge in [0.05, 0.1) is 11.9 Å². The number of hydrogen-bond acceptors (Lipinski definition) is 4. The number of hydrogen-bond donors (Lipinski definition) is 3. The number of fused-ring (bicyclic) bond motifs is 2. The lowest BCUT2D eigenvalue weighted by atomic mass is 9.95. The number of nitrogens with zero attached hydrogens (tertiary/aromatic N) is 2. The average Bonchev–Trinajstić information content (AvgIpc) is 3.17. The van der Waals surface area contributed by atoms with Crippen molar-refractivity contribution >= 4 is 28.5 Å². The van der Waals surface area contributed by atoms with Crippen LogP contribution in [0.3, 0.4) is 0 Å². The average molecular weight is 403 g/mol. The summed E-state index contributed by atoms with van der Waals surface area (Å²) >= 11 is 0. The van der Waals surface area contributed by atoms with Gasteiger partial charge in [-0.15, -0.1) is 0 Å². The first kappa shape index (κ1) is 18.8. The molecule has 0 spiro atoms. The van der Waals surface area contributed by atoms with E-state index in [9.17, 15) is 9.59 Å². The molecule has 4 heterocycles. The minimum absolute atomic E-state index is 0.0118. The van der Waals surface area contributed by atoms with Crippen LogP contribution in [-0.2, 0) is 11.2 Å². The zero-order valence-electron chi connectivity index (χ0n) is 17.0. The first-order chi connectivity index (χ1) is 14.6. The largest absolute Gasteiger partial charge is 0.352 e. The Morgan fingerprint density at radius 3 is 2.87 bits per heavy atom. The van der Waals surface area contributed by atoms with Crippen molar-refractivity contribution in [2.75, 3.05) is 32.0 Å². The van der Waals surface area contributed by atoms with Crippen molar-refractivity contribution in [3.05, 3.63) is 47.8 Å². The second-order valence-corrected chi connectivity index (χ2v) is 8.27. The maximum Gasteiger partial charge on any atom is 0.251 e. The molecule has 154 valence electrons. The third kappa shape index (κ3) is 3.45. The molecule has 2 amide bonds. The summed E-state index contributed by atoms with van der Waals surface area (Å²) in [5.41, 5.74) is 5.35. The van der Waals surface area contributed by atoms with Crippen molar-refractivity contribution < 1.29 is 9.59 Å². The number of anilines is 1. The van der Waals surface area contributed by atoms with E-state index < -0.39 is 0 Å². The number of carbonyl (C=O) groups excluding carboxylic acids is 2. The van der Waals surface area contributed by atoms with Gasteiger partial charge in [0.15, 0.2) is 0 Å². The summed E-state index contributed by atoms with van der Waals surface area (Å²) in [5.74, 6) is 0.109. The standard InChI is InChI=1S/C23H25N5O2/c1-28-8-5-14(6-9-28)22(29)27-17-11-19-20(13-26-21(19)25-12-17)15-2-3-18-16(10-15)4-7-24-23(18)30/h2-3,10-14H,4-9H2,1H3,(H,24,30)(H,25,26)(H,27,29). The molecular formula is C23H25N5O2. The Morgan fingerprint density at radius 1 is 1.20 bits per heavy atom. The summed E-state index contributed by atoms with van der Waals surface area (Å²) in [6, 6.07) is 7.92. The number of amides is 2. The summed E-state index contributed by atoms with van der Waals surface area (Å²) < 4.78 is 0. The van der Waals surface area contributed by atoms with E-state index in [4.69, 9.17) is 0 Å². The van der Waals surface area contributed by atoms with Crippen LogP contribution in [-0.4, -0.2) is 53.4 Å². The molecular weight excluding hydrogens is 378 g/mol. The monoisotopic (exact) mass is 403 g/mol. The molecule has 2 aliphatic heterocycles. The number of rotatable bonds is 3. The van der Waals surface area contributed by atoms with E-state index in [0.29, 0.717) is 12.2 Å². The Balaban J connectivity index is 1.42. The molecule has 1 saturated heterocycles. The summed E-state index contributed by atoms with van der Waals surface area (Å²) in [6.07, 6.45) is 6.23. The lowest BCUT2D eigenvalue weighted by molar-refractivity contribution is -0.121. The first-order valence-electron chi connectivity index (χ1n) is 10.5. The van der Waals surface area contributed by atoms with Gasteiger partial charge in [-0.1, -0.05) is 12.1 Å². The number of pyridine rings is 1. The number of likely N-dealkylation sites (tertiary alicyclic amines) is 1. The second-order valence-electron chi connectivity index (χ2n) is 8.27. The van der Waals surface area contributed by atoms with Gasteiger partial charge < -0.3 is 20.5 Å². The van der Waals surface area contributed by atoms with E-state index in [-0.39, 0.29) is 17.7 Å². The van der Waals surface area contributed by atoms with Crippen LogP contribution in [0.5, 0.6) is 0 Å². The molecule has 2 aromatic heterocycles. The Kier molecular flexibility index (Phi) is 4.75. The first-order valence-corrected chi connectivity index (χ1v) is 10.5. The molecule has 5 rings (SSSR count). The van der Waals surface area contributed by atoms with Crippen molar-refractivity contribution in [2.45, 2.75) is 19.3 Å². The lowest BCUT2D eigenvalue weighted by Crippen LogP contribution is -2.35. The topological polar surface area (TPSA) is 90.1 Å². The Hall–Kier alpha value is -3.19. The Morgan fingerprint density at radius 2 is 2.03 bits per heavy atom. The minimum atomic E-state index is -0.0118. The molecule has 0 bridgehead atoms. The number of nitrogens with one attached hydrogen (secondary N) is 3. The fourth-order valence-corrected chi connectivity index (χ4v) is 4.42. The number of aromatic nitrogens is 2. The maximum absolute atomic E-state index is 12.7. The van der Waals surface area contributed by atoms with Gasteiger partial charge in [-0.05, 0) is 62.7 Å². The third-order valence-corrected chi connectivity index (χ3v) is 6.23. The highest BCUT2D eigenvalue weighted by molar-refractivity contribution is 6.00. The normalized spacial score (nSPS) is 17.6. The van der Waals surface area contributed by atoms with Gasteiger partial charge in [0, 0.05) is 35.2 Å². The summed E-state index contributed by atoms with van der Waals surface area (Å²) in [4.78, 5) is 34.7. The van der Waals surface area contributed by atoms with Crippen LogP contribution in [0.2, 0.25) is 0 Å². The van der Waals surface area contributed by atoms with Gasteiger partial charge in [-0.3, -0.25) is 9.59 Å². The van der Waals surface area contributed by atoms with Crippen molar-refractivity contribution in [2.24, 2.45) is 5.92 Å². The van der Waals surface area contributed by atoms with E-state index in [1.165, 1.54) is 0 Å². The molecule has 0 aliphatic carbocycles. The number of benzene rings is 1. The maximum atomic E-state index is 12.7. The van der Waals surface area contributed by atoms with E-state index >= 15 is 0 Å². The minimum Gasteiger partial charge on any atom is -0.352 e. The molecule has 0 radical (unpaired) electrons. The van der Waals surface area contributed by atoms with Crippen LogP contribution in [0, 0.1) is 5.92 Å². The quantitative estimate of drug-likeness (QED) is 0.627. The van der Waals surface area contributed by atoms with Crippen molar-refractivity contribution in [3.8, 4) is 11.1 Å². The van der Waals surface area contributed by atoms with Crippen LogP contribution >= 0.6 is 0 Å². The molecule has 3 N–H and O–H groups in total. The van der Waals surface area contributed by atoms with Crippen LogP contribution in [0.4, 0.5) is 5.69 Å². The molecule has 0 unspecified atom stereocenters. The number of aromatic amines is 1. The van der Waals surface area contributed by atoms with Gasteiger partial charge in [0.1, 0.15) is 5.65 Å². The van der Waals surface area contributed by atoms with Crippen LogP contribution in [0.1, 0.15) is 28.8 Å². The lowest BCUT2D eigenvalue weighted by Gasteiger charge is -2.28. The SMILES string of the molecule is CN1CCC(C(=O)Nc2cnc3[nH]cc(-c4ccc5c(c4)CCNC5=O)c3c2)CC1. The van der Waals surface area contributed by atoms with Crippen LogP contribution in [0.15, 0.2) is 36.7 Å². The van der Waals surface area contributed by atoms with Crippen molar-refractivity contribution in [1.82, 2.24) is 20.2 Å². The zero-order chi connectivity index (χ0) is 20.7. The zero-order valence-corrected chi connectivity index (χ0v) is 17.0. The van der Waals surface area contributed by atoms with E-state index in [1.807, 2.05) is 24.4 Å². The third-order valence-electron chi connectivity index (χ3n) is 6.23. The summed E-state index contributed by atoms with van der Waals surface area (Å²) in [7, 11) is 2.09. The fourth-order valence-electron chi connectivity index (χ4n) is 4.42. The van der Waals surface area contributed by atoms with Crippen molar-refractivity contribution in [1.29, 1.82) is 0 Å².